The second-order valence-electron chi connectivity index (χ2n) is 6.98. The molecule has 2 N–H and O–H groups in total. The van der Waals surface area contributed by atoms with Gasteiger partial charge in [-0.15, -0.1) is 22.7 Å². The molecule has 0 radical (unpaired) electrons. The van der Waals surface area contributed by atoms with Crippen molar-refractivity contribution in [3.8, 4) is 10.6 Å². The first kappa shape index (κ1) is 22.5. The number of carbonyl (C=O) groups is 1. The first-order valence-electron chi connectivity index (χ1n) is 9.54. The fraction of sp³-hybridized carbons (Fsp3) is 0. The van der Waals surface area contributed by atoms with Gasteiger partial charge < -0.3 is 5.32 Å². The third-order valence-electron chi connectivity index (χ3n) is 4.77. The molecule has 0 bridgehead atoms. The third-order valence-corrected chi connectivity index (χ3v) is 8.27. The topological polar surface area (TPSA) is 54.0 Å². The minimum atomic E-state index is -0.393. The van der Waals surface area contributed by atoms with Gasteiger partial charge in [0.25, 0.3) is 5.91 Å². The SMILES string of the molecule is O=C(NC(=S)Nc1ccc(Cl)c(-c2nc3ccccc3s2)c1)c1sc2cc(Cl)ccc2c1Cl. The van der Waals surface area contributed by atoms with Crippen LogP contribution in [0.4, 0.5) is 5.69 Å². The van der Waals surface area contributed by atoms with Crippen LogP contribution >= 0.6 is 69.7 Å². The van der Waals surface area contributed by atoms with Gasteiger partial charge in [0, 0.05) is 26.4 Å². The number of halogens is 3. The molecule has 1 amide bonds. The molecule has 0 aliphatic heterocycles. The zero-order valence-corrected chi connectivity index (χ0v) is 21.2. The number of carbonyl (C=O) groups excluding carboxylic acids is 1. The second kappa shape index (κ2) is 9.18. The number of hydrogen-bond donors (Lipinski definition) is 2. The highest BCUT2D eigenvalue weighted by molar-refractivity contribution is 7.80. The van der Waals surface area contributed by atoms with E-state index in [-0.39, 0.29) is 5.11 Å². The summed E-state index contributed by atoms with van der Waals surface area (Å²) in [5.74, 6) is -0.393. The van der Waals surface area contributed by atoms with Gasteiger partial charge in [-0.25, -0.2) is 4.98 Å². The molecule has 0 aliphatic rings. The maximum atomic E-state index is 12.8. The highest BCUT2D eigenvalue weighted by Crippen LogP contribution is 2.37. The van der Waals surface area contributed by atoms with E-state index in [1.165, 1.54) is 11.3 Å². The lowest BCUT2D eigenvalue weighted by Gasteiger charge is -2.11. The number of benzene rings is 3. The zero-order chi connectivity index (χ0) is 23.1. The molecule has 2 aromatic heterocycles. The van der Waals surface area contributed by atoms with E-state index in [0.29, 0.717) is 25.6 Å². The van der Waals surface area contributed by atoms with Crippen molar-refractivity contribution in [1.82, 2.24) is 10.3 Å². The van der Waals surface area contributed by atoms with Gasteiger partial charge in [0.1, 0.15) is 9.88 Å². The van der Waals surface area contributed by atoms with E-state index >= 15 is 0 Å². The van der Waals surface area contributed by atoms with Crippen molar-refractivity contribution < 1.29 is 4.79 Å². The Morgan fingerprint density at radius 1 is 0.939 bits per heavy atom. The Bertz CT molecular complexity index is 1530. The molecule has 4 nitrogen and oxygen atoms in total. The normalized spacial score (nSPS) is 11.1. The predicted molar refractivity (Wildman–Crippen MR) is 146 cm³/mol. The fourth-order valence-electron chi connectivity index (χ4n) is 3.26. The van der Waals surface area contributed by atoms with E-state index < -0.39 is 5.91 Å². The lowest BCUT2D eigenvalue weighted by atomic mass is 10.2. The quantitative estimate of drug-likeness (QED) is 0.223. The molecule has 0 spiro atoms. The first-order valence-corrected chi connectivity index (χ1v) is 12.7. The smallest absolute Gasteiger partial charge is 0.269 e. The Hall–Kier alpha value is -2.26. The van der Waals surface area contributed by atoms with Crippen LogP contribution in [0.5, 0.6) is 0 Å². The predicted octanol–water partition coefficient (Wildman–Crippen LogP) is 8.26. The molecule has 0 aliphatic carbocycles. The summed E-state index contributed by atoms with van der Waals surface area (Å²) in [6.07, 6.45) is 0. The van der Waals surface area contributed by atoms with Gasteiger partial charge in [0.15, 0.2) is 5.11 Å². The van der Waals surface area contributed by atoms with Gasteiger partial charge in [-0.3, -0.25) is 10.1 Å². The maximum Gasteiger partial charge on any atom is 0.269 e. The molecule has 5 rings (SSSR count). The monoisotopic (exact) mass is 547 g/mol. The number of fused-ring (bicyclic) bond motifs is 2. The zero-order valence-electron chi connectivity index (χ0n) is 16.5. The van der Waals surface area contributed by atoms with Crippen LogP contribution in [-0.2, 0) is 0 Å². The lowest BCUT2D eigenvalue weighted by molar-refractivity contribution is 0.0982. The van der Waals surface area contributed by atoms with Crippen molar-refractivity contribution in [2.45, 2.75) is 0 Å². The number of aromatic nitrogens is 1. The summed E-state index contributed by atoms with van der Waals surface area (Å²) in [5.41, 5.74) is 2.37. The number of thiophene rings is 1. The van der Waals surface area contributed by atoms with Crippen LogP contribution in [0, 0.1) is 0 Å². The van der Waals surface area contributed by atoms with Crippen LogP contribution in [0.25, 0.3) is 30.9 Å². The molecule has 0 atom stereocenters. The summed E-state index contributed by atoms with van der Waals surface area (Å²) in [4.78, 5) is 17.8. The molecule has 10 heteroatoms. The number of amides is 1. The van der Waals surface area contributed by atoms with Crippen LogP contribution in [0.3, 0.4) is 0 Å². The van der Waals surface area contributed by atoms with Crippen molar-refractivity contribution >= 4 is 107 Å². The Kier molecular flexibility index (Phi) is 6.26. The summed E-state index contributed by atoms with van der Waals surface area (Å²) in [6.45, 7) is 0. The molecule has 0 saturated heterocycles. The maximum absolute atomic E-state index is 12.8. The molecular weight excluding hydrogens is 537 g/mol. The van der Waals surface area contributed by atoms with Crippen molar-refractivity contribution in [1.29, 1.82) is 0 Å². The van der Waals surface area contributed by atoms with Gasteiger partial charge in [-0.2, -0.15) is 0 Å². The van der Waals surface area contributed by atoms with Gasteiger partial charge in [0.2, 0.25) is 0 Å². The van der Waals surface area contributed by atoms with Gasteiger partial charge in [-0.1, -0.05) is 53.0 Å². The number of para-hydroxylation sites is 1. The van der Waals surface area contributed by atoms with Crippen molar-refractivity contribution in [2.75, 3.05) is 5.32 Å². The van der Waals surface area contributed by atoms with Crippen molar-refractivity contribution in [3.05, 3.63) is 80.6 Å². The Balaban J connectivity index is 1.35. The Morgan fingerprint density at radius 3 is 2.58 bits per heavy atom. The number of anilines is 1. The standard InChI is InChI=1S/C23H12Cl3N3OS3/c24-11-5-7-13-18(9-11)32-20(19(13)26)21(30)29-23(31)27-12-6-8-15(25)14(10-12)22-28-16-3-1-2-4-17(16)33-22/h1-10H,(H2,27,29,30,31). The Morgan fingerprint density at radius 2 is 1.76 bits per heavy atom. The average Bonchev–Trinajstić information content (AvgIpc) is 3.36. The summed E-state index contributed by atoms with van der Waals surface area (Å²) in [5, 5.41) is 8.96. The second-order valence-corrected chi connectivity index (χ2v) is 10.7. The minimum absolute atomic E-state index is 0.143. The van der Waals surface area contributed by atoms with E-state index in [9.17, 15) is 4.79 Å². The van der Waals surface area contributed by atoms with Crippen LogP contribution in [0.2, 0.25) is 15.1 Å². The van der Waals surface area contributed by atoms with E-state index in [4.69, 9.17) is 47.0 Å². The van der Waals surface area contributed by atoms with Gasteiger partial charge in [-0.05, 0) is 54.7 Å². The minimum Gasteiger partial charge on any atom is -0.332 e. The molecule has 0 unspecified atom stereocenters. The van der Waals surface area contributed by atoms with Gasteiger partial charge >= 0.3 is 0 Å². The molecule has 164 valence electrons. The molecular formula is C23H12Cl3N3OS3. The first-order chi connectivity index (χ1) is 15.9. The summed E-state index contributed by atoms with van der Waals surface area (Å²) < 4.78 is 1.90. The summed E-state index contributed by atoms with van der Waals surface area (Å²) in [6, 6.07) is 18.6. The van der Waals surface area contributed by atoms with Crippen LogP contribution in [0.15, 0.2) is 60.7 Å². The van der Waals surface area contributed by atoms with Crippen LogP contribution in [0.1, 0.15) is 9.67 Å². The number of nitrogens with one attached hydrogen (secondary N) is 2. The van der Waals surface area contributed by atoms with E-state index in [0.717, 1.165) is 30.9 Å². The number of rotatable bonds is 3. The van der Waals surface area contributed by atoms with E-state index in [2.05, 4.69) is 15.6 Å². The molecule has 3 aromatic carbocycles. The van der Waals surface area contributed by atoms with Crippen LogP contribution < -0.4 is 10.6 Å². The average molecular weight is 549 g/mol. The summed E-state index contributed by atoms with van der Waals surface area (Å²) in [7, 11) is 0. The van der Waals surface area contributed by atoms with Crippen LogP contribution in [-0.4, -0.2) is 16.0 Å². The van der Waals surface area contributed by atoms with E-state index in [1.54, 1.807) is 41.7 Å². The highest BCUT2D eigenvalue weighted by atomic mass is 35.5. The lowest BCUT2D eigenvalue weighted by Crippen LogP contribution is -2.33. The molecule has 2 heterocycles. The number of hydrogen-bond acceptors (Lipinski definition) is 5. The molecule has 0 saturated carbocycles. The third kappa shape index (κ3) is 4.57. The fourth-order valence-corrected chi connectivity index (χ4v) is 6.42. The largest absolute Gasteiger partial charge is 0.332 e. The van der Waals surface area contributed by atoms with Crippen molar-refractivity contribution in [2.24, 2.45) is 0 Å². The number of thiocarbonyl (C=S) groups is 1. The van der Waals surface area contributed by atoms with Crippen molar-refractivity contribution in [3.63, 3.8) is 0 Å². The Labute approximate surface area is 217 Å². The number of thiazole rings is 1. The summed E-state index contributed by atoms with van der Waals surface area (Å²) >= 11 is 27.1. The number of nitrogens with zero attached hydrogens (tertiary/aromatic N) is 1. The highest BCUT2D eigenvalue weighted by Gasteiger charge is 2.19. The molecule has 33 heavy (non-hydrogen) atoms. The van der Waals surface area contributed by atoms with E-state index in [1.807, 2.05) is 30.3 Å². The molecule has 0 fully saturated rings. The molecule has 5 aromatic rings. The van der Waals surface area contributed by atoms with Gasteiger partial charge in [0.05, 0.1) is 20.3 Å².